The average molecular weight is 285 g/mol. The monoisotopic (exact) mass is 285 g/mol. The van der Waals surface area contributed by atoms with E-state index in [4.69, 9.17) is 12.2 Å². The summed E-state index contributed by atoms with van der Waals surface area (Å²) in [6.45, 7) is 2.19. The molecule has 0 saturated heterocycles. The molecular weight excluding hydrogens is 270 g/mol. The molecule has 0 saturated carbocycles. The van der Waals surface area contributed by atoms with Gasteiger partial charge in [0.25, 0.3) is 0 Å². The van der Waals surface area contributed by atoms with Crippen molar-refractivity contribution in [3.05, 3.63) is 22.3 Å². The fraction of sp³-hybridized carbons (Fsp3) is 0.455. The summed E-state index contributed by atoms with van der Waals surface area (Å²) in [7, 11) is 0. The van der Waals surface area contributed by atoms with Gasteiger partial charge in [-0.05, 0) is 36.3 Å². The third kappa shape index (κ3) is 2.64. The maximum Gasteiger partial charge on any atom is 0.195 e. The highest BCUT2D eigenvalue weighted by molar-refractivity contribution is 7.98. The van der Waals surface area contributed by atoms with Gasteiger partial charge in [-0.2, -0.15) is 16.9 Å². The summed E-state index contributed by atoms with van der Waals surface area (Å²) in [5.41, 5.74) is 0. The van der Waals surface area contributed by atoms with Crippen molar-refractivity contribution in [3.8, 4) is 10.7 Å². The molecule has 6 heteroatoms. The fourth-order valence-corrected chi connectivity index (χ4v) is 3.55. The molecule has 92 valence electrons. The zero-order valence-corrected chi connectivity index (χ0v) is 12.3. The van der Waals surface area contributed by atoms with Crippen LogP contribution >= 0.6 is 35.3 Å². The topological polar surface area (TPSA) is 33.6 Å². The van der Waals surface area contributed by atoms with Gasteiger partial charge in [0.1, 0.15) is 0 Å². The molecule has 0 spiro atoms. The van der Waals surface area contributed by atoms with Crippen LogP contribution in [0.3, 0.4) is 0 Å². The van der Waals surface area contributed by atoms with Crippen LogP contribution in [-0.4, -0.2) is 26.8 Å². The number of nitrogens with zero attached hydrogens (tertiary/aromatic N) is 2. The quantitative estimate of drug-likeness (QED) is 0.844. The summed E-state index contributed by atoms with van der Waals surface area (Å²) >= 11 is 8.88. The Kier molecular flexibility index (Phi) is 4.42. The van der Waals surface area contributed by atoms with E-state index in [9.17, 15) is 0 Å². The highest BCUT2D eigenvalue weighted by Crippen LogP contribution is 2.27. The lowest BCUT2D eigenvalue weighted by atomic mass is 10.2. The van der Waals surface area contributed by atoms with Gasteiger partial charge in [-0.1, -0.05) is 13.0 Å². The summed E-state index contributed by atoms with van der Waals surface area (Å²) in [5.74, 6) is 2.02. The third-order valence-corrected chi connectivity index (χ3v) is 4.51. The normalized spacial score (nSPS) is 12.8. The van der Waals surface area contributed by atoms with Crippen LogP contribution in [0, 0.1) is 4.77 Å². The van der Waals surface area contributed by atoms with E-state index in [0.717, 1.165) is 22.9 Å². The van der Waals surface area contributed by atoms with Gasteiger partial charge in [-0.3, -0.25) is 9.67 Å². The molecule has 0 bridgehead atoms. The molecule has 0 aromatic carbocycles. The molecule has 0 aliphatic carbocycles. The maximum absolute atomic E-state index is 5.34. The van der Waals surface area contributed by atoms with E-state index in [0.29, 0.717) is 10.8 Å². The van der Waals surface area contributed by atoms with Gasteiger partial charge in [0.15, 0.2) is 10.6 Å². The molecule has 2 heterocycles. The Hall–Kier alpha value is -0.590. The van der Waals surface area contributed by atoms with Crippen LogP contribution in [0.5, 0.6) is 0 Å². The first-order valence-electron chi connectivity index (χ1n) is 5.47. The van der Waals surface area contributed by atoms with Crippen molar-refractivity contribution in [3.63, 3.8) is 0 Å². The minimum Gasteiger partial charge on any atom is -0.296 e. The minimum absolute atomic E-state index is 0.411. The highest BCUT2D eigenvalue weighted by Gasteiger charge is 2.16. The number of hydrogen-bond acceptors (Lipinski definition) is 4. The second kappa shape index (κ2) is 5.84. The van der Waals surface area contributed by atoms with Gasteiger partial charge < -0.3 is 0 Å². The van der Waals surface area contributed by atoms with Crippen molar-refractivity contribution in [2.75, 3.05) is 12.0 Å². The number of nitrogens with one attached hydrogen (secondary N) is 1. The van der Waals surface area contributed by atoms with Crippen LogP contribution < -0.4 is 0 Å². The number of hydrogen-bond donors (Lipinski definition) is 1. The number of aromatic nitrogens is 3. The fourth-order valence-electron chi connectivity index (χ4n) is 1.79. The first-order valence-corrected chi connectivity index (χ1v) is 8.15. The number of rotatable bonds is 5. The number of thioether (sulfide) groups is 1. The largest absolute Gasteiger partial charge is 0.296 e. The highest BCUT2D eigenvalue weighted by atomic mass is 32.2. The van der Waals surface area contributed by atoms with Crippen LogP contribution in [0.15, 0.2) is 17.5 Å². The molecule has 0 amide bonds. The van der Waals surface area contributed by atoms with Crippen LogP contribution in [0.2, 0.25) is 0 Å². The van der Waals surface area contributed by atoms with Gasteiger partial charge in [-0.25, -0.2) is 0 Å². The van der Waals surface area contributed by atoms with E-state index < -0.39 is 0 Å². The second-order valence-electron chi connectivity index (χ2n) is 3.72. The molecule has 17 heavy (non-hydrogen) atoms. The lowest BCUT2D eigenvalue weighted by molar-refractivity contribution is 0.538. The van der Waals surface area contributed by atoms with Crippen LogP contribution in [-0.2, 0) is 0 Å². The maximum atomic E-state index is 5.34. The van der Waals surface area contributed by atoms with E-state index >= 15 is 0 Å². The van der Waals surface area contributed by atoms with Crippen molar-refractivity contribution in [1.82, 2.24) is 14.8 Å². The molecular formula is C11H15N3S3. The summed E-state index contributed by atoms with van der Waals surface area (Å²) in [6.07, 6.45) is 3.18. The first kappa shape index (κ1) is 12.9. The summed E-state index contributed by atoms with van der Waals surface area (Å²) in [6, 6.07) is 4.53. The van der Waals surface area contributed by atoms with Crippen molar-refractivity contribution in [2.45, 2.75) is 19.4 Å². The molecule has 1 atom stereocenters. The van der Waals surface area contributed by atoms with Gasteiger partial charge in [-0.15, -0.1) is 11.3 Å². The lowest BCUT2D eigenvalue weighted by Crippen LogP contribution is -2.12. The molecule has 2 aromatic rings. The Morgan fingerprint density at radius 2 is 2.47 bits per heavy atom. The van der Waals surface area contributed by atoms with E-state index in [1.165, 1.54) is 0 Å². The van der Waals surface area contributed by atoms with E-state index in [-0.39, 0.29) is 0 Å². The molecule has 2 rings (SSSR count). The Balaban J connectivity index is 2.45. The molecule has 0 fully saturated rings. The SMILES string of the molecule is CCC(CSC)n1c(-c2cccs2)n[nH]c1=S. The first-order chi connectivity index (χ1) is 8.27. The predicted octanol–water partition coefficient (Wildman–Crippen LogP) is 3.98. The third-order valence-electron chi connectivity index (χ3n) is 2.64. The molecule has 0 aliphatic heterocycles. The lowest BCUT2D eigenvalue weighted by Gasteiger charge is -2.16. The zero-order chi connectivity index (χ0) is 12.3. The molecule has 1 N–H and O–H groups in total. The van der Waals surface area contributed by atoms with Crippen LogP contribution in [0.1, 0.15) is 19.4 Å². The number of H-pyrrole nitrogens is 1. The zero-order valence-electron chi connectivity index (χ0n) is 9.84. The Morgan fingerprint density at radius 1 is 1.65 bits per heavy atom. The minimum atomic E-state index is 0.411. The molecule has 1 unspecified atom stereocenters. The molecule has 3 nitrogen and oxygen atoms in total. The van der Waals surface area contributed by atoms with Crippen LogP contribution in [0.4, 0.5) is 0 Å². The van der Waals surface area contributed by atoms with Gasteiger partial charge in [0, 0.05) is 11.8 Å². The summed E-state index contributed by atoms with van der Waals surface area (Å²) < 4.78 is 2.87. The standard InChI is InChI=1S/C11H15N3S3/c1-3-8(7-16-2)14-10(12-13-11(14)15)9-5-4-6-17-9/h4-6,8H,3,7H2,1-2H3,(H,13,15). The van der Waals surface area contributed by atoms with Gasteiger partial charge >= 0.3 is 0 Å². The Bertz CT molecular complexity index is 512. The van der Waals surface area contributed by atoms with Gasteiger partial charge in [0.05, 0.1) is 4.88 Å². The van der Waals surface area contributed by atoms with Crippen molar-refractivity contribution in [2.24, 2.45) is 0 Å². The van der Waals surface area contributed by atoms with E-state index in [2.05, 4.69) is 39.4 Å². The molecule has 2 aromatic heterocycles. The molecule has 0 aliphatic rings. The Morgan fingerprint density at radius 3 is 3.06 bits per heavy atom. The van der Waals surface area contributed by atoms with E-state index in [1.54, 1.807) is 11.3 Å². The van der Waals surface area contributed by atoms with Crippen molar-refractivity contribution in [1.29, 1.82) is 0 Å². The van der Waals surface area contributed by atoms with E-state index in [1.807, 2.05) is 17.8 Å². The predicted molar refractivity (Wildman–Crippen MR) is 78.4 cm³/mol. The summed E-state index contributed by atoms with van der Waals surface area (Å²) in [5, 5.41) is 9.33. The number of aromatic amines is 1. The number of thiophene rings is 1. The second-order valence-corrected chi connectivity index (χ2v) is 5.96. The Labute approximate surface area is 114 Å². The average Bonchev–Trinajstić information content (AvgIpc) is 2.95. The summed E-state index contributed by atoms with van der Waals surface area (Å²) in [4.78, 5) is 1.16. The van der Waals surface area contributed by atoms with Gasteiger partial charge in [0.2, 0.25) is 0 Å². The smallest absolute Gasteiger partial charge is 0.195 e. The van der Waals surface area contributed by atoms with Crippen molar-refractivity contribution >= 4 is 35.3 Å². The van der Waals surface area contributed by atoms with Crippen LogP contribution in [0.25, 0.3) is 10.7 Å². The van der Waals surface area contributed by atoms with Crippen molar-refractivity contribution < 1.29 is 0 Å². The molecule has 0 radical (unpaired) electrons.